The molecule has 1 saturated heterocycles. The van der Waals surface area contributed by atoms with E-state index in [9.17, 15) is 31.5 Å². The second kappa shape index (κ2) is 11.4. The number of amides is 3. The van der Waals surface area contributed by atoms with E-state index < -0.39 is 62.2 Å². The maximum absolute atomic E-state index is 14.7. The number of anilines is 3. The summed E-state index contributed by atoms with van der Waals surface area (Å²) in [5.74, 6) is -7.81. The maximum Gasteiger partial charge on any atom is 0.337 e. The summed E-state index contributed by atoms with van der Waals surface area (Å²) in [7, 11) is 1.10. The molecule has 0 N–H and O–H groups in total. The number of hydrogen-bond acceptors (Lipinski definition) is 4. The molecule has 1 heterocycles. The van der Waals surface area contributed by atoms with E-state index in [1.807, 2.05) is 0 Å². The van der Waals surface area contributed by atoms with Gasteiger partial charge in [-0.2, -0.15) is 0 Å². The molecule has 2 atom stereocenters. The van der Waals surface area contributed by atoms with Gasteiger partial charge in [-0.1, -0.05) is 46.9 Å². The number of likely N-dealkylation sites (N-methyl/N-ethyl adjacent to an activating group) is 1. The number of imide groups is 1. The predicted octanol–water partition coefficient (Wildman–Crippen LogP) is 7.32. The van der Waals surface area contributed by atoms with Crippen LogP contribution in [0.15, 0.2) is 65.7 Å². The Morgan fingerprint density at radius 1 is 0.800 bits per heavy atom. The number of rotatable bonds is 6. The second-order valence-corrected chi connectivity index (χ2v) is 11.1. The minimum absolute atomic E-state index is 0.248. The van der Waals surface area contributed by atoms with E-state index in [2.05, 4.69) is 4.99 Å². The molecule has 3 aromatic carbocycles. The lowest BCUT2D eigenvalue weighted by Gasteiger charge is -2.36. The van der Waals surface area contributed by atoms with Crippen molar-refractivity contribution in [3.8, 4) is 0 Å². The van der Waals surface area contributed by atoms with Gasteiger partial charge in [-0.3, -0.25) is 9.69 Å². The lowest BCUT2D eigenvalue weighted by Crippen LogP contribution is -2.45. The van der Waals surface area contributed by atoms with Gasteiger partial charge in [0.2, 0.25) is 9.63 Å². The summed E-state index contributed by atoms with van der Waals surface area (Å²) in [6.07, 6.45) is -1.81. The van der Waals surface area contributed by atoms with Crippen LogP contribution in [0.1, 0.15) is 0 Å². The zero-order chi connectivity index (χ0) is 29.5. The van der Waals surface area contributed by atoms with Gasteiger partial charge in [0, 0.05) is 30.6 Å². The van der Waals surface area contributed by atoms with Gasteiger partial charge in [-0.25, -0.2) is 36.6 Å². The van der Waals surface area contributed by atoms with Crippen molar-refractivity contribution in [2.45, 2.75) is 15.3 Å². The van der Waals surface area contributed by atoms with Crippen LogP contribution >= 0.6 is 46.4 Å². The van der Waals surface area contributed by atoms with Crippen molar-refractivity contribution in [2.24, 2.45) is 4.99 Å². The summed E-state index contributed by atoms with van der Waals surface area (Å²) in [4.78, 5) is 32.6. The molecule has 6 nitrogen and oxygen atoms in total. The second-order valence-electron chi connectivity index (χ2n) is 8.31. The van der Waals surface area contributed by atoms with E-state index in [-0.39, 0.29) is 17.1 Å². The van der Waals surface area contributed by atoms with Crippen molar-refractivity contribution < 1.29 is 31.5 Å². The normalized spacial score (nSPS) is 16.6. The summed E-state index contributed by atoms with van der Waals surface area (Å²) in [6, 6.07) is 8.84. The number of carbonyl (C=O) groups is 2. The summed E-state index contributed by atoms with van der Waals surface area (Å²) in [6.45, 7) is 0. The quantitative estimate of drug-likeness (QED) is 0.161. The molecule has 4 rings (SSSR count). The van der Waals surface area contributed by atoms with E-state index in [0.29, 0.717) is 21.9 Å². The standard InChI is InChI=1S/C25H15Cl4F5N4O2/c1-36-23(39)22(38(24(36)40)19-5-3-2-4-16(19)32)35-21(20(26)25(27,28)29)37(12-6-8-14(30)17(33)10-12)13-7-9-15(31)18(34)11-13/h2-11,20-21H,1H3/b35-22+. The van der Waals surface area contributed by atoms with Crippen LogP contribution in [0.3, 0.4) is 0 Å². The average molecular weight is 640 g/mol. The van der Waals surface area contributed by atoms with Crippen molar-refractivity contribution in [3.63, 3.8) is 0 Å². The molecule has 0 spiro atoms. The molecule has 210 valence electrons. The highest BCUT2D eigenvalue weighted by Gasteiger charge is 2.46. The molecule has 0 saturated carbocycles. The van der Waals surface area contributed by atoms with Gasteiger partial charge >= 0.3 is 6.03 Å². The first-order chi connectivity index (χ1) is 18.7. The van der Waals surface area contributed by atoms with Crippen molar-refractivity contribution >= 4 is 81.2 Å². The van der Waals surface area contributed by atoms with Gasteiger partial charge in [0.05, 0.1) is 5.69 Å². The van der Waals surface area contributed by atoms with Gasteiger partial charge < -0.3 is 4.90 Å². The van der Waals surface area contributed by atoms with Crippen LogP contribution in [0.4, 0.5) is 43.8 Å². The molecular formula is C25H15Cl4F5N4O2. The fraction of sp³-hybridized carbons (Fsp3) is 0.160. The Morgan fingerprint density at radius 3 is 1.80 bits per heavy atom. The summed E-state index contributed by atoms with van der Waals surface area (Å²) in [5, 5.41) is -1.76. The Hall–Kier alpha value is -3.12. The molecule has 0 bridgehead atoms. The largest absolute Gasteiger partial charge is 0.337 e. The molecule has 0 aliphatic carbocycles. The molecule has 40 heavy (non-hydrogen) atoms. The Bertz CT molecular complexity index is 1470. The number of halogens is 9. The summed E-state index contributed by atoms with van der Waals surface area (Å²) < 4.78 is 68.7. The number of carbonyl (C=O) groups excluding carboxylic acids is 2. The average Bonchev–Trinajstić information content (AvgIpc) is 3.10. The van der Waals surface area contributed by atoms with Crippen molar-refractivity contribution in [1.82, 2.24) is 4.90 Å². The fourth-order valence-electron chi connectivity index (χ4n) is 3.81. The Morgan fingerprint density at radius 2 is 1.32 bits per heavy atom. The molecular weight excluding hydrogens is 625 g/mol. The highest BCUT2D eigenvalue weighted by Crippen LogP contribution is 2.42. The fourth-order valence-corrected chi connectivity index (χ4v) is 4.32. The van der Waals surface area contributed by atoms with E-state index in [0.717, 1.165) is 42.3 Å². The number of nitrogens with zero attached hydrogens (tertiary/aromatic N) is 4. The highest BCUT2D eigenvalue weighted by atomic mass is 35.6. The third-order valence-corrected chi connectivity index (χ3v) is 7.33. The van der Waals surface area contributed by atoms with Crippen LogP contribution < -0.4 is 9.80 Å². The van der Waals surface area contributed by atoms with Crippen molar-refractivity contribution in [1.29, 1.82) is 0 Å². The summed E-state index contributed by atoms with van der Waals surface area (Å²) in [5.41, 5.74) is -0.863. The van der Waals surface area contributed by atoms with E-state index in [4.69, 9.17) is 46.4 Å². The van der Waals surface area contributed by atoms with Gasteiger partial charge in [-0.15, -0.1) is 11.6 Å². The van der Waals surface area contributed by atoms with Crippen molar-refractivity contribution in [2.75, 3.05) is 16.8 Å². The number of aliphatic imine (C=N–C) groups is 1. The number of hydrogen-bond donors (Lipinski definition) is 0. The molecule has 3 amide bonds. The lowest BCUT2D eigenvalue weighted by atomic mass is 10.1. The minimum Gasteiger partial charge on any atom is -0.317 e. The van der Waals surface area contributed by atoms with Crippen LogP contribution in [0.5, 0.6) is 0 Å². The van der Waals surface area contributed by atoms with Gasteiger partial charge in [0.25, 0.3) is 5.91 Å². The predicted molar refractivity (Wildman–Crippen MR) is 143 cm³/mol. The number of para-hydroxylation sites is 1. The third kappa shape index (κ3) is 5.69. The third-order valence-electron chi connectivity index (χ3n) is 5.74. The monoisotopic (exact) mass is 638 g/mol. The van der Waals surface area contributed by atoms with Crippen molar-refractivity contribution in [3.05, 3.63) is 89.7 Å². The lowest BCUT2D eigenvalue weighted by molar-refractivity contribution is -0.119. The van der Waals surface area contributed by atoms with Crippen LogP contribution in [-0.4, -0.2) is 45.1 Å². The van der Waals surface area contributed by atoms with Crippen LogP contribution in [-0.2, 0) is 4.79 Å². The molecule has 1 aliphatic rings. The molecule has 1 aliphatic heterocycles. The first-order valence-corrected chi connectivity index (χ1v) is 12.6. The first kappa shape index (κ1) is 29.9. The van der Waals surface area contributed by atoms with E-state index in [1.54, 1.807) is 0 Å². The Kier molecular flexibility index (Phi) is 8.51. The molecule has 0 aromatic heterocycles. The molecule has 0 radical (unpaired) electrons. The van der Waals surface area contributed by atoms with Crippen LogP contribution in [0.2, 0.25) is 0 Å². The zero-order valence-corrected chi connectivity index (χ0v) is 23.0. The first-order valence-electron chi connectivity index (χ1n) is 11.1. The van der Waals surface area contributed by atoms with E-state index in [1.165, 1.54) is 18.2 Å². The number of benzene rings is 3. The van der Waals surface area contributed by atoms with Gasteiger partial charge in [-0.05, 0) is 36.4 Å². The minimum atomic E-state index is -2.38. The molecule has 3 aromatic rings. The SMILES string of the molecule is CN1C(=O)/C(=N\C(C(Cl)C(Cl)(Cl)Cl)N(c2ccc(F)c(F)c2)c2ccc(F)c(F)c2)N(c2ccccc2F)C1=O. The van der Waals surface area contributed by atoms with Gasteiger partial charge in [0.1, 0.15) is 17.4 Å². The number of amidine groups is 1. The number of urea groups is 1. The number of alkyl halides is 4. The smallest absolute Gasteiger partial charge is 0.317 e. The van der Waals surface area contributed by atoms with Gasteiger partial charge in [0.15, 0.2) is 23.3 Å². The molecule has 2 unspecified atom stereocenters. The summed E-state index contributed by atoms with van der Waals surface area (Å²) >= 11 is 24.7. The van der Waals surface area contributed by atoms with Crippen LogP contribution in [0, 0.1) is 29.1 Å². The van der Waals surface area contributed by atoms with E-state index >= 15 is 0 Å². The zero-order valence-electron chi connectivity index (χ0n) is 19.9. The maximum atomic E-state index is 14.7. The molecule has 15 heteroatoms. The Labute approximate surface area is 244 Å². The topological polar surface area (TPSA) is 56.2 Å². The van der Waals surface area contributed by atoms with Crippen LogP contribution in [0.25, 0.3) is 0 Å². The molecule has 1 fully saturated rings. The Balaban J connectivity index is 2.02. The highest BCUT2D eigenvalue weighted by molar-refractivity contribution is 6.70.